The van der Waals surface area contributed by atoms with E-state index in [1.54, 1.807) is 0 Å². The summed E-state index contributed by atoms with van der Waals surface area (Å²) in [6.45, 7) is 0. The summed E-state index contributed by atoms with van der Waals surface area (Å²) in [5.74, 6) is 0. The first-order valence-electron chi connectivity index (χ1n) is 11.3. The molecule has 0 fully saturated rings. The van der Waals surface area contributed by atoms with Crippen molar-refractivity contribution in [2.24, 2.45) is 0 Å². The largest absolute Gasteiger partial charge is 0.309 e. The average Bonchev–Trinajstić information content (AvgIpc) is 2.88. The van der Waals surface area contributed by atoms with Gasteiger partial charge < -0.3 is 9.80 Å². The van der Waals surface area contributed by atoms with Crippen molar-refractivity contribution in [3.8, 4) is 11.1 Å². The molecule has 0 saturated heterocycles. The molecular formula is C30H23ClN2. The number of hydrogen-bond acceptors (Lipinski definition) is 2. The van der Waals surface area contributed by atoms with Gasteiger partial charge in [0.15, 0.2) is 0 Å². The van der Waals surface area contributed by atoms with E-state index in [-0.39, 0.29) is 0 Å². The summed E-state index contributed by atoms with van der Waals surface area (Å²) in [5, 5.41) is 0.721. The van der Waals surface area contributed by atoms with Gasteiger partial charge in [0, 0.05) is 22.8 Å². The summed E-state index contributed by atoms with van der Waals surface area (Å²) in [4.78, 5) is 4.52. The van der Waals surface area contributed by atoms with Gasteiger partial charge in [-0.25, -0.2) is 0 Å². The number of nitrogens with zero attached hydrogens (tertiary/aromatic N) is 2. The molecule has 0 unspecified atom stereocenters. The Morgan fingerprint density at radius 2 is 1.18 bits per heavy atom. The SMILES string of the molecule is Clc1c2cccc1N(c1ccccc1)c1cccc(c1)-c1cccc(c1)N2C1=CCCC=C1. The average molecular weight is 447 g/mol. The van der Waals surface area contributed by atoms with Gasteiger partial charge in [0.25, 0.3) is 0 Å². The summed E-state index contributed by atoms with van der Waals surface area (Å²) >= 11 is 7.25. The summed E-state index contributed by atoms with van der Waals surface area (Å²) in [6.07, 6.45) is 8.83. The number of anilines is 5. The molecular weight excluding hydrogens is 424 g/mol. The van der Waals surface area contributed by atoms with E-state index in [1.807, 2.05) is 6.07 Å². The van der Waals surface area contributed by atoms with Crippen LogP contribution in [-0.4, -0.2) is 0 Å². The molecule has 6 rings (SSSR count). The van der Waals surface area contributed by atoms with Gasteiger partial charge in [-0.05, 0) is 78.6 Å². The number of rotatable bonds is 2. The number of hydrogen-bond donors (Lipinski definition) is 0. The molecule has 0 saturated carbocycles. The van der Waals surface area contributed by atoms with E-state index in [0.717, 1.165) is 52.0 Å². The first-order chi connectivity index (χ1) is 16.3. The van der Waals surface area contributed by atoms with E-state index >= 15 is 0 Å². The summed E-state index contributed by atoms with van der Waals surface area (Å²) in [5.41, 5.74) is 8.68. The van der Waals surface area contributed by atoms with Crippen LogP contribution < -0.4 is 9.80 Å². The van der Waals surface area contributed by atoms with E-state index in [9.17, 15) is 0 Å². The maximum absolute atomic E-state index is 7.25. The van der Waals surface area contributed by atoms with Crippen molar-refractivity contribution in [2.45, 2.75) is 12.8 Å². The Balaban J connectivity index is 1.69. The van der Waals surface area contributed by atoms with Crippen LogP contribution in [0.2, 0.25) is 5.02 Å². The lowest BCUT2D eigenvalue weighted by Gasteiger charge is -2.31. The van der Waals surface area contributed by atoms with Crippen LogP contribution in [-0.2, 0) is 0 Å². The first kappa shape index (κ1) is 19.9. The molecule has 33 heavy (non-hydrogen) atoms. The van der Waals surface area contributed by atoms with Crippen molar-refractivity contribution in [2.75, 3.05) is 9.80 Å². The van der Waals surface area contributed by atoms with Crippen LogP contribution in [0.25, 0.3) is 11.1 Å². The number of halogens is 1. The molecule has 4 aromatic rings. The molecule has 160 valence electrons. The van der Waals surface area contributed by atoms with Crippen LogP contribution in [0.3, 0.4) is 0 Å². The lowest BCUT2D eigenvalue weighted by molar-refractivity contribution is 0.997. The van der Waals surface area contributed by atoms with E-state index < -0.39 is 0 Å². The Bertz CT molecular complexity index is 1390. The van der Waals surface area contributed by atoms with Crippen molar-refractivity contribution < 1.29 is 0 Å². The molecule has 2 aliphatic rings. The molecule has 0 aromatic heterocycles. The molecule has 1 heterocycles. The van der Waals surface area contributed by atoms with Gasteiger partial charge in [0.05, 0.1) is 16.4 Å². The second-order valence-electron chi connectivity index (χ2n) is 8.33. The van der Waals surface area contributed by atoms with E-state index in [1.165, 1.54) is 11.1 Å². The number of benzene rings is 4. The fourth-order valence-electron chi connectivity index (χ4n) is 4.70. The maximum atomic E-state index is 7.25. The lowest BCUT2D eigenvalue weighted by Crippen LogP contribution is -2.18. The molecule has 0 N–H and O–H groups in total. The minimum absolute atomic E-state index is 0.721. The van der Waals surface area contributed by atoms with E-state index in [2.05, 4.69) is 119 Å². The van der Waals surface area contributed by atoms with Gasteiger partial charge in [-0.3, -0.25) is 0 Å². The second kappa shape index (κ2) is 8.31. The first-order valence-corrected chi connectivity index (χ1v) is 11.7. The van der Waals surface area contributed by atoms with Crippen LogP contribution >= 0.6 is 11.6 Å². The van der Waals surface area contributed by atoms with Crippen LogP contribution in [0.5, 0.6) is 0 Å². The third-order valence-corrected chi connectivity index (χ3v) is 6.62. The Hall–Kier alpha value is -3.75. The molecule has 0 radical (unpaired) electrons. The second-order valence-corrected chi connectivity index (χ2v) is 8.70. The fourth-order valence-corrected chi connectivity index (χ4v) is 4.99. The zero-order chi connectivity index (χ0) is 22.2. The van der Waals surface area contributed by atoms with Gasteiger partial charge in [0.2, 0.25) is 0 Å². The highest BCUT2D eigenvalue weighted by atomic mass is 35.5. The van der Waals surface area contributed by atoms with Gasteiger partial charge in [0.1, 0.15) is 0 Å². The third-order valence-electron chi connectivity index (χ3n) is 6.23. The Morgan fingerprint density at radius 3 is 1.85 bits per heavy atom. The summed E-state index contributed by atoms with van der Waals surface area (Å²) in [6, 6.07) is 34.1. The highest BCUT2D eigenvalue weighted by molar-refractivity contribution is 6.36. The topological polar surface area (TPSA) is 6.48 Å². The number of allylic oxidation sites excluding steroid dienone is 3. The zero-order valence-electron chi connectivity index (χ0n) is 18.2. The summed E-state index contributed by atoms with van der Waals surface area (Å²) in [7, 11) is 0. The minimum atomic E-state index is 0.721. The van der Waals surface area contributed by atoms with Crippen molar-refractivity contribution in [3.05, 3.63) is 126 Å². The molecule has 0 atom stereocenters. The molecule has 3 heteroatoms. The van der Waals surface area contributed by atoms with E-state index in [0.29, 0.717) is 0 Å². The predicted molar refractivity (Wildman–Crippen MR) is 140 cm³/mol. The molecule has 0 spiro atoms. The number of fused-ring (bicyclic) bond motifs is 7. The van der Waals surface area contributed by atoms with Crippen LogP contribution in [0.4, 0.5) is 28.4 Å². The lowest BCUT2D eigenvalue weighted by atomic mass is 10.0. The molecule has 1 aliphatic heterocycles. The van der Waals surface area contributed by atoms with Gasteiger partial charge >= 0.3 is 0 Å². The standard InChI is InChI=1S/C30H23ClN2/c31-30-28-18-9-19-29(30)33(25-14-5-2-6-15-25)27-17-8-11-23(21-27)22-10-7-16-26(20-22)32(28)24-12-3-1-4-13-24/h1,3-5,7-21H,2,6H2. The molecule has 2 nitrogen and oxygen atoms in total. The van der Waals surface area contributed by atoms with Crippen LogP contribution in [0.15, 0.2) is 121 Å². The van der Waals surface area contributed by atoms with Crippen LogP contribution in [0, 0.1) is 0 Å². The van der Waals surface area contributed by atoms with Crippen molar-refractivity contribution in [1.29, 1.82) is 0 Å². The monoisotopic (exact) mass is 446 g/mol. The van der Waals surface area contributed by atoms with Crippen LogP contribution in [0.1, 0.15) is 12.8 Å². The highest BCUT2D eigenvalue weighted by Crippen LogP contribution is 2.47. The van der Waals surface area contributed by atoms with Crippen molar-refractivity contribution >= 4 is 40.0 Å². The summed E-state index contributed by atoms with van der Waals surface area (Å²) < 4.78 is 0. The Morgan fingerprint density at radius 1 is 0.576 bits per heavy atom. The zero-order valence-corrected chi connectivity index (χ0v) is 18.9. The Labute approximate surface area is 199 Å². The normalized spacial score (nSPS) is 14.5. The third kappa shape index (κ3) is 3.53. The molecule has 0 amide bonds. The van der Waals surface area contributed by atoms with Crippen molar-refractivity contribution in [1.82, 2.24) is 0 Å². The maximum Gasteiger partial charge on any atom is 0.0887 e. The van der Waals surface area contributed by atoms with Gasteiger partial charge in [-0.1, -0.05) is 72.3 Å². The quantitative estimate of drug-likeness (QED) is 0.303. The van der Waals surface area contributed by atoms with Gasteiger partial charge in [-0.2, -0.15) is 0 Å². The molecule has 4 aromatic carbocycles. The molecule has 6 bridgehead atoms. The molecule has 1 aliphatic carbocycles. The minimum Gasteiger partial charge on any atom is -0.309 e. The smallest absolute Gasteiger partial charge is 0.0887 e. The fraction of sp³-hybridized carbons (Fsp3) is 0.0667. The number of para-hydroxylation sites is 1. The van der Waals surface area contributed by atoms with E-state index in [4.69, 9.17) is 11.6 Å². The Kier molecular flexibility index (Phi) is 5.01. The van der Waals surface area contributed by atoms with Crippen molar-refractivity contribution in [3.63, 3.8) is 0 Å². The predicted octanol–water partition coefficient (Wildman–Crippen LogP) is 9.16. The van der Waals surface area contributed by atoms with Gasteiger partial charge in [-0.15, -0.1) is 0 Å². The highest BCUT2D eigenvalue weighted by Gasteiger charge is 2.24.